The first-order chi connectivity index (χ1) is 63.0. The fourth-order valence-electron chi connectivity index (χ4n) is 24.6. The summed E-state index contributed by atoms with van der Waals surface area (Å²) >= 11 is 0. The summed E-state index contributed by atoms with van der Waals surface area (Å²) in [5.41, 5.74) is 44.3. The van der Waals surface area contributed by atoms with Gasteiger partial charge >= 0.3 is 0 Å². The van der Waals surface area contributed by atoms with Crippen molar-refractivity contribution < 1.29 is 0 Å². The predicted octanol–water partition coefficient (Wildman–Crippen LogP) is 32.1. The average molecular weight is 1630 g/mol. The van der Waals surface area contributed by atoms with E-state index in [2.05, 4.69) is 483 Å². The third kappa shape index (κ3) is 9.78. The molecular formula is C124H84N4. The molecule has 6 aliphatic carbocycles. The van der Waals surface area contributed by atoms with Crippen molar-refractivity contribution in [3.8, 4) is 78.1 Å². The van der Waals surface area contributed by atoms with Crippen molar-refractivity contribution in [3.63, 3.8) is 0 Å². The molecule has 2 spiro atoms. The van der Waals surface area contributed by atoms with Gasteiger partial charge in [0.2, 0.25) is 0 Å². The first-order valence-corrected chi connectivity index (χ1v) is 45.0. The maximum Gasteiger partial charge on any atom is 0.0726 e. The van der Waals surface area contributed by atoms with Crippen molar-refractivity contribution in [2.75, 3.05) is 9.80 Å². The molecule has 128 heavy (non-hydrogen) atoms. The Kier molecular flexibility index (Phi) is 15.2. The molecule has 600 valence electrons. The summed E-state index contributed by atoms with van der Waals surface area (Å²) in [7, 11) is 0. The number of nitrogens with zero attached hydrogens (tertiary/aromatic N) is 4. The van der Waals surface area contributed by atoms with Crippen LogP contribution in [0.1, 0.15) is 94.5 Å². The molecule has 2 heterocycles. The highest BCUT2D eigenvalue weighted by atomic mass is 15.2. The largest absolute Gasteiger partial charge is 0.310 e. The van der Waals surface area contributed by atoms with E-state index in [1.165, 1.54) is 199 Å². The molecule has 0 N–H and O–H groups in total. The molecule has 20 aromatic carbocycles. The van der Waals surface area contributed by atoms with E-state index in [1.807, 2.05) is 0 Å². The summed E-state index contributed by atoms with van der Waals surface area (Å²) < 4.78 is 4.86. The van der Waals surface area contributed by atoms with E-state index in [-0.39, 0.29) is 10.8 Å². The van der Waals surface area contributed by atoms with Gasteiger partial charge in [-0.15, -0.1) is 0 Å². The van der Waals surface area contributed by atoms with Crippen LogP contribution in [0.25, 0.3) is 143 Å². The standard InChI is InChI=1S/2C62H42N2/c1-61(2)52-25-10-6-22-46(52)51-36-41(32-35-53(51)61)63(43-31-34-49-48-23-9-13-29-58(48)64(59(49)38-43)40-18-4-3-5-19-40)42-30-33-47-44-20-7-11-26-54(44)62(57(47)37-42)55-27-12-8-21-45(55)50-24-14-16-39-17-15-28-56(62)60(39)50;1-61(2)52-25-10-6-20-44(52)47-33-30-41(36-56(47)61)63(43-32-35-50-49-23-9-13-29-58(49)64(59(50)38-43)40-18-4-3-5-19-40)42-31-34-48-45-21-7-11-26-53(45)62(57(48)37-42)54-27-12-8-22-46(54)51-24-14-16-39-17-15-28-55(62)60(39)51/h2*3-38H,1-2H3. The second-order valence-corrected chi connectivity index (χ2v) is 36.8. The zero-order valence-electron chi connectivity index (χ0n) is 71.4. The molecule has 22 aromatic rings. The van der Waals surface area contributed by atoms with Crippen molar-refractivity contribution in [2.24, 2.45) is 0 Å². The van der Waals surface area contributed by atoms with Crippen molar-refractivity contribution in [1.29, 1.82) is 0 Å². The quantitative estimate of drug-likeness (QED) is 0.151. The van der Waals surface area contributed by atoms with Crippen LogP contribution in [0.3, 0.4) is 0 Å². The Balaban J connectivity index is 0.000000132. The van der Waals surface area contributed by atoms with Gasteiger partial charge in [-0.1, -0.05) is 355 Å². The van der Waals surface area contributed by atoms with Crippen LogP contribution in [0.5, 0.6) is 0 Å². The first-order valence-electron chi connectivity index (χ1n) is 45.0. The Hall–Kier alpha value is -15.9. The fraction of sp³-hybridized carbons (Fsp3) is 0.0645. The second kappa shape index (κ2) is 26.8. The number of rotatable bonds is 8. The Labute approximate surface area is 744 Å². The monoisotopic (exact) mass is 1630 g/mol. The summed E-state index contributed by atoms with van der Waals surface area (Å²) in [5, 5.41) is 10.2. The first kappa shape index (κ1) is 72.6. The Bertz CT molecular complexity index is 8540. The number of fused-ring (bicyclic) bond motifs is 30. The zero-order valence-corrected chi connectivity index (χ0v) is 71.4. The number of aromatic nitrogens is 2. The van der Waals surface area contributed by atoms with E-state index < -0.39 is 10.8 Å². The van der Waals surface area contributed by atoms with Gasteiger partial charge in [-0.25, -0.2) is 0 Å². The van der Waals surface area contributed by atoms with Gasteiger partial charge in [0, 0.05) is 77.9 Å². The van der Waals surface area contributed by atoms with Crippen LogP contribution >= 0.6 is 0 Å². The molecule has 4 nitrogen and oxygen atoms in total. The van der Waals surface area contributed by atoms with E-state index in [0.29, 0.717) is 0 Å². The lowest BCUT2D eigenvalue weighted by molar-refractivity contribution is 0.660. The minimum atomic E-state index is -0.525. The van der Waals surface area contributed by atoms with Gasteiger partial charge < -0.3 is 18.9 Å². The molecule has 2 atom stereocenters. The van der Waals surface area contributed by atoms with E-state index in [4.69, 9.17) is 0 Å². The molecule has 0 aliphatic heterocycles. The molecule has 28 rings (SSSR count). The second-order valence-electron chi connectivity index (χ2n) is 36.8. The number of benzene rings is 20. The molecule has 0 saturated carbocycles. The lowest BCUT2D eigenvalue weighted by Crippen LogP contribution is -2.32. The van der Waals surface area contributed by atoms with Gasteiger partial charge in [-0.3, -0.25) is 0 Å². The smallest absolute Gasteiger partial charge is 0.0726 e. The van der Waals surface area contributed by atoms with Crippen LogP contribution in [0.15, 0.2) is 437 Å². The van der Waals surface area contributed by atoms with Crippen molar-refractivity contribution in [1.82, 2.24) is 9.13 Å². The van der Waals surface area contributed by atoms with Crippen molar-refractivity contribution in [2.45, 2.75) is 49.4 Å². The summed E-state index contributed by atoms with van der Waals surface area (Å²) in [6.07, 6.45) is 0. The van der Waals surface area contributed by atoms with Gasteiger partial charge in [-0.05, 0) is 264 Å². The van der Waals surface area contributed by atoms with Crippen molar-refractivity contribution in [3.05, 3.63) is 504 Å². The number of hydrogen-bond acceptors (Lipinski definition) is 2. The highest BCUT2D eigenvalue weighted by Gasteiger charge is 2.53. The highest BCUT2D eigenvalue weighted by Crippen LogP contribution is 2.66. The minimum Gasteiger partial charge on any atom is -0.310 e. The van der Waals surface area contributed by atoms with Crippen LogP contribution in [0.2, 0.25) is 0 Å². The highest BCUT2D eigenvalue weighted by molar-refractivity contribution is 6.14. The number of para-hydroxylation sites is 4. The topological polar surface area (TPSA) is 16.3 Å². The van der Waals surface area contributed by atoms with Crippen LogP contribution in [-0.2, 0) is 21.7 Å². The average Bonchev–Trinajstić information content (AvgIpc) is 1.46. The Morgan fingerprint density at radius 3 is 0.883 bits per heavy atom. The van der Waals surface area contributed by atoms with E-state index in [0.717, 1.165) is 45.5 Å². The maximum absolute atomic E-state index is 2.53. The molecule has 4 heteroatoms. The summed E-state index contributed by atoms with van der Waals surface area (Å²) in [6, 6.07) is 164. The van der Waals surface area contributed by atoms with Crippen molar-refractivity contribution >= 4 is 99.3 Å². The lowest BCUT2D eigenvalue weighted by Gasteiger charge is -2.40. The molecule has 0 bridgehead atoms. The Morgan fingerprint density at radius 1 is 0.172 bits per heavy atom. The van der Waals surface area contributed by atoms with Crippen LogP contribution in [0, 0.1) is 0 Å². The molecule has 0 fully saturated rings. The predicted molar refractivity (Wildman–Crippen MR) is 534 cm³/mol. The molecule has 2 aromatic heterocycles. The fourth-order valence-corrected chi connectivity index (χ4v) is 24.6. The van der Waals surface area contributed by atoms with Crippen LogP contribution in [0.4, 0.5) is 34.1 Å². The zero-order chi connectivity index (χ0) is 84.6. The number of anilines is 6. The molecule has 6 aliphatic rings. The molecular weight excluding hydrogens is 1550 g/mol. The van der Waals surface area contributed by atoms with Gasteiger partial charge in [-0.2, -0.15) is 0 Å². The summed E-state index contributed by atoms with van der Waals surface area (Å²) in [4.78, 5) is 5.03. The van der Waals surface area contributed by atoms with E-state index >= 15 is 0 Å². The molecule has 2 unspecified atom stereocenters. The Morgan fingerprint density at radius 2 is 0.445 bits per heavy atom. The third-order valence-electron chi connectivity index (χ3n) is 29.9. The summed E-state index contributed by atoms with van der Waals surface area (Å²) in [6.45, 7) is 9.49. The van der Waals surface area contributed by atoms with E-state index in [9.17, 15) is 0 Å². The normalized spacial score (nSPS) is 15.8. The lowest BCUT2D eigenvalue weighted by atomic mass is 9.61. The number of hydrogen-bond donors (Lipinski definition) is 0. The molecule has 0 radical (unpaired) electrons. The van der Waals surface area contributed by atoms with Gasteiger partial charge in [0.1, 0.15) is 0 Å². The SMILES string of the molecule is CC1(C)c2ccccc2-c2cc(N(c3ccc4c(c3)C3(c5ccccc5-4)c4ccccc4-c4cccc5cccc3c45)c3ccc4c5ccccc5n(-c5ccccc5)c4c3)ccc21.CC1(C)c2ccccc2-c2ccc(N(c3ccc4c(c3)C3(c5ccccc5-4)c4ccccc4-c4cccc5cccc3c45)c3ccc4c5ccccc5n(-c5ccccc5)c4c3)cc21. The van der Waals surface area contributed by atoms with Gasteiger partial charge in [0.25, 0.3) is 0 Å². The maximum atomic E-state index is 2.53. The minimum absolute atomic E-state index is 0.0950. The molecule has 0 amide bonds. The van der Waals surface area contributed by atoms with Crippen LogP contribution < -0.4 is 9.80 Å². The van der Waals surface area contributed by atoms with Gasteiger partial charge in [0.05, 0.1) is 32.9 Å². The van der Waals surface area contributed by atoms with Gasteiger partial charge in [0.15, 0.2) is 0 Å². The summed E-state index contributed by atoms with van der Waals surface area (Å²) in [5.74, 6) is 0. The molecule has 0 saturated heterocycles. The van der Waals surface area contributed by atoms with E-state index in [1.54, 1.807) is 0 Å². The van der Waals surface area contributed by atoms with Crippen LogP contribution in [-0.4, -0.2) is 9.13 Å². The third-order valence-corrected chi connectivity index (χ3v) is 29.9.